The molecule has 5 N–H and O–H groups in total. The molecule has 145 heavy (non-hydrogen) atoms. The average Bonchev–Trinajstić information content (AvgIpc) is 0.937. The number of esters is 2. The van der Waals surface area contributed by atoms with Crippen LogP contribution in [0.25, 0.3) is 0 Å². The zero-order valence-electron chi connectivity index (χ0n) is 84.5. The number of rotatable bonds is 43. The first-order chi connectivity index (χ1) is 62.7. The number of hydrogen-bond donors (Lipinski definition) is 5. The molecule has 8 rings (SSSR count). The number of carbonyl (C=O) groups excluding carboxylic acids is 2. The number of alkyl halides is 4. The molecule has 8 aliphatic rings. The summed E-state index contributed by atoms with van der Waals surface area (Å²) < 4.78 is 258. The van der Waals surface area contributed by atoms with Crippen molar-refractivity contribution in [2.45, 2.75) is 315 Å². The van der Waals surface area contributed by atoms with Crippen LogP contribution in [0.1, 0.15) is 304 Å². The van der Waals surface area contributed by atoms with Crippen LogP contribution in [0.2, 0.25) is 0 Å². The topological polar surface area (TPSA) is 592 Å². The van der Waals surface area contributed by atoms with Crippen molar-refractivity contribution in [3.63, 3.8) is 0 Å². The summed E-state index contributed by atoms with van der Waals surface area (Å²) in [6.45, 7) is 13.5. The molecule has 0 spiro atoms. The van der Waals surface area contributed by atoms with Gasteiger partial charge in [-0.3, -0.25) is 29.9 Å². The molecule has 3 atom stereocenters. The molecule has 0 aliphatic heterocycles. The summed E-state index contributed by atoms with van der Waals surface area (Å²) in [7, 11) is -27.6. The van der Waals surface area contributed by atoms with Gasteiger partial charge in [0.1, 0.15) is 0 Å². The van der Waals surface area contributed by atoms with Gasteiger partial charge in [0.15, 0.2) is 6.10 Å². The number of unbranched alkanes of at least 4 members (excludes halogenated alkanes) is 5. The molecule has 0 aromatic rings. The molecule has 0 aromatic heterocycles. The summed E-state index contributed by atoms with van der Waals surface area (Å²) in [6, 6.07) is 0. The fraction of sp³-hybridized carbons (Fsp3) is 0.926. The van der Waals surface area contributed by atoms with Crippen molar-refractivity contribution in [1.82, 2.24) is 0 Å². The zero-order chi connectivity index (χ0) is 107. The molecular weight excluding hydrogens is 2820 g/mol. The fourth-order valence-corrected chi connectivity index (χ4v) is 13.1. The van der Waals surface area contributed by atoms with Crippen LogP contribution in [0.4, 0.5) is 0 Å². The molecule has 3 unspecified atom stereocenters. The molecule has 8 fully saturated rings. The summed E-state index contributed by atoms with van der Waals surface area (Å²) in [4.78, 5) is 21.0. The summed E-state index contributed by atoms with van der Waals surface area (Å²) in [5, 5.41) is 42.3. The van der Waals surface area contributed by atoms with Gasteiger partial charge in [-0.25, -0.2) is 38.5 Å². The molecule has 64 heteroatoms. The van der Waals surface area contributed by atoms with Gasteiger partial charge in [-0.05, 0) is 50.2 Å². The minimum atomic E-state index is -3.97. The Bertz CT molecular complexity index is 3680. The monoisotopic (exact) mass is 2990 g/mol. The molecule has 8 aliphatic carbocycles. The number of carbonyl (C=O) groups is 2. The van der Waals surface area contributed by atoms with Crippen molar-refractivity contribution >= 4 is 210 Å². The number of hydrogen-bond acceptors (Lipinski definition) is 38. The predicted molar refractivity (Wildman–Crippen MR) is 557 cm³/mol. The van der Waals surface area contributed by atoms with E-state index in [0.29, 0.717) is 68.1 Å². The minimum absolute atomic E-state index is 0. The standard InChI is InChI=1S/C7H15BrO6S2.C7H15O6S2.C7H16O3S.C6H10O5.C6H13O3S.C4H9BrO2.C4H9O2.8C4H8.C2H4BrClO3S.C2H5BrO3S.C2H4ClO3S.CH3ClO2S.CH4.8Co.Na/c1-15(9,10)13-5-2-3-6-14-16(11,12)7-4-8;1-3-15(10,11)13-7-5-4-6-12-14(2,8)9;1-4-7(2)5-6-10-11(3,8)9;1-10-5(8)3-4(7)6(9)11-2;1-3-4-5-6-9-10(2,7)8;5-4(3-7)1-2-6;5-3-1-2-4-6;8*1-2-4-3-1;3-1-2-8(5,6)7-4;3-1-2-7(4,5)6;1-2-7(4,5)6-3;1-5(2,3)4;;;;;;;;;;/h2-7H2,1H3;1,3-7H2,2H3;7H,4-6H2,1-3H3;4,7H,3H2,1-2H3;4H,3,5-6H2,1-2H3;4,6-7H,1-3H2;1,5-6H,2-4H2;8*1-4H2;1-2H2;1-2H2,(H,4,5,6);1-2H2;1H3;1H4;;;;;;;;;/q;-1;;;-1;;-1;;;;;;;;;;;-1;;;;;;;;;;;+1/p-1. The summed E-state index contributed by atoms with van der Waals surface area (Å²) in [5.41, 5.74) is 0. The second-order valence-corrected chi connectivity index (χ2v) is 51.9. The smallest absolute Gasteiger partial charge is 0.748 e. The van der Waals surface area contributed by atoms with Gasteiger partial charge in [-0.2, -0.15) is 77.2 Å². The van der Waals surface area contributed by atoms with Crippen molar-refractivity contribution in [3.05, 3.63) is 26.7 Å². The zero-order valence-corrected chi connectivity index (χ0v) is 112. The molecular formula is C81H170Br4Cl3Co8NaO38S10-4. The summed E-state index contributed by atoms with van der Waals surface area (Å²) in [5.74, 6) is -2.10. The van der Waals surface area contributed by atoms with E-state index in [1.807, 2.05) is 13.3 Å². The van der Waals surface area contributed by atoms with E-state index in [1.54, 1.807) is 6.42 Å². The van der Waals surface area contributed by atoms with E-state index < -0.39 is 118 Å². The van der Waals surface area contributed by atoms with E-state index >= 15 is 0 Å². The fourth-order valence-electron chi connectivity index (χ4n) is 5.63. The van der Waals surface area contributed by atoms with Crippen molar-refractivity contribution < 1.29 is 330 Å². The Labute approximate surface area is 1030 Å². The first-order valence-electron chi connectivity index (χ1n) is 44.5. The van der Waals surface area contributed by atoms with E-state index in [1.165, 1.54) is 213 Å². The predicted octanol–water partition coefficient (Wildman–Crippen LogP) is 13.0. The minimum Gasteiger partial charge on any atom is -0.748 e. The first kappa shape index (κ1) is 201. The van der Waals surface area contributed by atoms with Crippen LogP contribution < -0.4 is 29.6 Å². The number of halogens is 7. The second kappa shape index (κ2) is 140. The Hall–Kier alpha value is 5.72. The van der Waals surface area contributed by atoms with Crippen LogP contribution >= 0.6 is 98.1 Å². The van der Waals surface area contributed by atoms with Crippen molar-refractivity contribution in [3.8, 4) is 0 Å². The largest absolute Gasteiger partial charge is 1.00 e. The van der Waals surface area contributed by atoms with Gasteiger partial charge in [-0.15, -0.1) is 0 Å². The van der Waals surface area contributed by atoms with Crippen LogP contribution in [0.15, 0.2) is 0 Å². The van der Waals surface area contributed by atoms with Gasteiger partial charge < -0.3 is 66.2 Å². The van der Waals surface area contributed by atoms with Crippen LogP contribution in [0.3, 0.4) is 0 Å². The van der Waals surface area contributed by atoms with Gasteiger partial charge in [0, 0.05) is 191 Å². The van der Waals surface area contributed by atoms with Gasteiger partial charge in [-0.1, -0.05) is 316 Å². The van der Waals surface area contributed by atoms with Gasteiger partial charge >= 0.3 is 41.5 Å². The molecule has 8 radical (unpaired) electrons. The maximum absolute atomic E-state index is 11.0. The van der Waals surface area contributed by atoms with Crippen LogP contribution in [-0.4, -0.2) is 293 Å². The Morgan fingerprint density at radius 3 is 0.828 bits per heavy atom. The maximum atomic E-state index is 11.0. The summed E-state index contributed by atoms with van der Waals surface area (Å²) >= 11 is 20.9. The van der Waals surface area contributed by atoms with Gasteiger partial charge in [0.25, 0.3) is 70.8 Å². The van der Waals surface area contributed by atoms with Gasteiger partial charge in [0.2, 0.25) is 19.2 Å². The van der Waals surface area contributed by atoms with Gasteiger partial charge in [0.05, 0.1) is 137 Å². The Balaban J connectivity index is -0.0000000596. The van der Waals surface area contributed by atoms with Crippen LogP contribution in [0, 0.1) is 32.6 Å². The molecule has 908 valence electrons. The molecule has 0 amide bonds. The van der Waals surface area contributed by atoms with Crippen LogP contribution in [-0.2, 0) is 286 Å². The third-order valence-electron chi connectivity index (χ3n) is 16.5. The number of aliphatic hydroxyl groups excluding tert-OH is 5. The van der Waals surface area contributed by atoms with E-state index in [4.69, 9.17) is 25.5 Å². The number of aliphatic hydroxyl groups is 5. The third-order valence-corrected chi connectivity index (χ3v) is 28.1. The third kappa shape index (κ3) is 228. The molecule has 0 aromatic carbocycles. The molecule has 0 saturated heterocycles. The quantitative estimate of drug-likeness (QED) is 0.00553. The second-order valence-electron chi connectivity index (χ2n) is 29.5. The van der Waals surface area contributed by atoms with E-state index in [0.717, 1.165) is 57.7 Å². The van der Waals surface area contributed by atoms with E-state index in [9.17, 15) is 98.3 Å². The Morgan fingerprint density at radius 1 is 0.400 bits per heavy atom. The SMILES string of the molecule is C.C1CCC1.C1CCC1.C1CCC1.C1CCC1.C1CCC1.C1CCC1.C1CCC1.C1CCC1.CCC(C)CCOS(C)(=O)=O.CC[CH-]CCOS(C)(=O)=O.COC(=O)CC(O)C(=O)OC.CS(=O)(=O)Cl.CS(=O)(=O)OCCCCOS(=O)(=O)CCBr.O=S(=O)(CCBr)OCl.O=S(=O)([O-])CCBr.OCCC(Br)CO.OC[CH-]CCO.[CH2-]CS(=O)(=O)OCCCCOS(C)(=O)=O.[CH2-]CS(=O)(=O)OCl.[Co].[Co].[Co].[Co].[Co].[Co].[Co].[Co].[Na+]. The van der Waals surface area contributed by atoms with E-state index in [2.05, 4.69) is 168 Å². The average molecular weight is 2990 g/mol. The maximum Gasteiger partial charge on any atom is 1.00 e. The molecule has 38 nitrogen and oxygen atoms in total. The molecule has 0 heterocycles. The Morgan fingerprint density at radius 2 is 0.662 bits per heavy atom. The van der Waals surface area contributed by atoms with Crippen LogP contribution in [0.5, 0.6) is 0 Å². The Kier molecular flexibility index (Phi) is 194. The van der Waals surface area contributed by atoms with Crippen molar-refractivity contribution in [1.29, 1.82) is 0 Å². The normalized spacial score (nSPS) is 14.1. The summed E-state index contributed by atoms with van der Waals surface area (Å²) in [6.07, 6.45) is 61.2. The molecule has 8 saturated carbocycles. The number of ether oxygens (including phenoxy) is 2. The van der Waals surface area contributed by atoms with Crippen molar-refractivity contribution in [2.24, 2.45) is 5.92 Å². The van der Waals surface area contributed by atoms with Crippen molar-refractivity contribution in [2.75, 3.05) is 156 Å². The first-order valence-corrected chi connectivity index (χ1v) is 67.3. The number of methoxy groups -OCH3 is 2. The van der Waals surface area contributed by atoms with E-state index in [-0.39, 0.29) is 276 Å². The molecule has 0 bridgehead atoms.